The third-order valence-electron chi connectivity index (χ3n) is 5.95. The van der Waals surface area contributed by atoms with E-state index in [1.54, 1.807) is 0 Å². The van der Waals surface area contributed by atoms with Crippen molar-refractivity contribution in [2.45, 2.75) is 45.1 Å². The van der Waals surface area contributed by atoms with Gasteiger partial charge in [-0.1, -0.05) is 18.2 Å². The fraction of sp³-hybridized carbons (Fsp3) is 0.500. The molecule has 138 valence electrons. The highest BCUT2D eigenvalue weighted by molar-refractivity contribution is 5.94. The van der Waals surface area contributed by atoms with Gasteiger partial charge in [0, 0.05) is 25.3 Å². The Kier molecular flexibility index (Phi) is 5.11. The van der Waals surface area contributed by atoms with Crippen LogP contribution in [0.3, 0.4) is 0 Å². The molecule has 4 nitrogen and oxygen atoms in total. The van der Waals surface area contributed by atoms with Gasteiger partial charge in [0.1, 0.15) is 5.69 Å². The van der Waals surface area contributed by atoms with E-state index in [2.05, 4.69) is 41.1 Å². The van der Waals surface area contributed by atoms with Crippen molar-refractivity contribution in [3.8, 4) is 11.1 Å². The van der Waals surface area contributed by atoms with E-state index in [9.17, 15) is 4.79 Å². The van der Waals surface area contributed by atoms with Crippen LogP contribution in [0.5, 0.6) is 0 Å². The first kappa shape index (κ1) is 17.3. The number of hydrogen-bond acceptors (Lipinski definition) is 2. The summed E-state index contributed by atoms with van der Waals surface area (Å²) in [6.07, 6.45) is 8.07. The third-order valence-corrected chi connectivity index (χ3v) is 5.95. The topological polar surface area (TPSA) is 39.3 Å². The van der Waals surface area contributed by atoms with Gasteiger partial charge in [0.15, 0.2) is 0 Å². The first-order chi connectivity index (χ1) is 12.7. The lowest BCUT2D eigenvalue weighted by atomic mass is 10.0. The van der Waals surface area contributed by atoms with Gasteiger partial charge in [-0.3, -0.25) is 9.69 Å². The number of amides is 1. The average Bonchev–Trinajstić information content (AvgIpc) is 3.40. The van der Waals surface area contributed by atoms with E-state index in [4.69, 9.17) is 0 Å². The predicted molar refractivity (Wildman–Crippen MR) is 105 cm³/mol. The molecule has 26 heavy (non-hydrogen) atoms. The van der Waals surface area contributed by atoms with Gasteiger partial charge < -0.3 is 9.88 Å². The van der Waals surface area contributed by atoms with E-state index in [0.717, 1.165) is 31.5 Å². The summed E-state index contributed by atoms with van der Waals surface area (Å²) in [5.41, 5.74) is 4.35. The molecule has 1 atom stereocenters. The molecule has 2 fully saturated rings. The summed E-state index contributed by atoms with van der Waals surface area (Å²) in [7, 11) is 0. The standard InChI is InChI=1S/C22H29N3O/c1-17(24-10-5-6-11-24)18-8-7-9-19(14-18)20-15-21(23-16-20)22(26)25-12-3-2-4-13-25/h7-9,14-17,23H,2-6,10-13H2,1H3/t17-/m1/s1. The van der Waals surface area contributed by atoms with E-state index < -0.39 is 0 Å². The largest absolute Gasteiger partial charge is 0.357 e. The van der Waals surface area contributed by atoms with Crippen molar-refractivity contribution < 1.29 is 4.79 Å². The molecule has 2 aliphatic heterocycles. The highest BCUT2D eigenvalue weighted by Gasteiger charge is 2.21. The maximum absolute atomic E-state index is 12.7. The fourth-order valence-corrected chi connectivity index (χ4v) is 4.27. The number of hydrogen-bond donors (Lipinski definition) is 1. The highest BCUT2D eigenvalue weighted by Crippen LogP contribution is 2.29. The molecular formula is C22H29N3O. The monoisotopic (exact) mass is 351 g/mol. The SMILES string of the molecule is C[C@H](c1cccc(-c2c[nH]c(C(=O)N3CCCCC3)c2)c1)N1CCCC1. The summed E-state index contributed by atoms with van der Waals surface area (Å²) in [6.45, 7) is 6.47. The average molecular weight is 351 g/mol. The van der Waals surface area contributed by atoms with Crippen molar-refractivity contribution in [1.29, 1.82) is 0 Å². The lowest BCUT2D eigenvalue weighted by Gasteiger charge is -2.26. The molecule has 2 aromatic rings. The normalized spacial score (nSPS) is 19.7. The smallest absolute Gasteiger partial charge is 0.270 e. The van der Waals surface area contributed by atoms with Gasteiger partial charge in [-0.2, -0.15) is 0 Å². The van der Waals surface area contributed by atoms with Crippen molar-refractivity contribution >= 4 is 5.91 Å². The number of nitrogens with zero attached hydrogens (tertiary/aromatic N) is 2. The summed E-state index contributed by atoms with van der Waals surface area (Å²) in [6, 6.07) is 11.2. The van der Waals surface area contributed by atoms with Crippen molar-refractivity contribution in [3.63, 3.8) is 0 Å². The second-order valence-electron chi connectivity index (χ2n) is 7.70. The summed E-state index contributed by atoms with van der Waals surface area (Å²) in [5, 5.41) is 0. The molecule has 3 heterocycles. The van der Waals surface area contributed by atoms with E-state index >= 15 is 0 Å². The predicted octanol–water partition coefficient (Wildman–Crippen LogP) is 4.46. The van der Waals surface area contributed by atoms with E-state index in [1.807, 2.05) is 17.2 Å². The van der Waals surface area contributed by atoms with E-state index in [1.165, 1.54) is 43.5 Å². The van der Waals surface area contributed by atoms with Crippen LogP contribution in [0.2, 0.25) is 0 Å². The Morgan fingerprint density at radius 2 is 1.69 bits per heavy atom. The van der Waals surface area contributed by atoms with Crippen molar-refractivity contribution in [2.24, 2.45) is 0 Å². The van der Waals surface area contributed by atoms with Crippen LogP contribution in [0.4, 0.5) is 0 Å². The maximum atomic E-state index is 12.7. The van der Waals surface area contributed by atoms with Gasteiger partial charge in [0.2, 0.25) is 0 Å². The molecule has 1 aromatic heterocycles. The summed E-state index contributed by atoms with van der Waals surface area (Å²) in [5.74, 6) is 0.137. The van der Waals surface area contributed by atoms with Crippen LogP contribution >= 0.6 is 0 Å². The Bertz CT molecular complexity index is 754. The lowest BCUT2D eigenvalue weighted by Crippen LogP contribution is -2.35. The Hall–Kier alpha value is -2.07. The van der Waals surface area contributed by atoms with Gasteiger partial charge in [-0.05, 0) is 80.9 Å². The number of nitrogens with one attached hydrogen (secondary N) is 1. The molecule has 4 rings (SSSR count). The van der Waals surface area contributed by atoms with Gasteiger partial charge >= 0.3 is 0 Å². The number of piperidine rings is 1. The Morgan fingerprint density at radius 3 is 2.46 bits per heavy atom. The zero-order valence-electron chi connectivity index (χ0n) is 15.7. The molecule has 0 unspecified atom stereocenters. The number of benzene rings is 1. The molecule has 0 bridgehead atoms. The maximum Gasteiger partial charge on any atom is 0.270 e. The number of H-pyrrole nitrogens is 1. The summed E-state index contributed by atoms with van der Waals surface area (Å²) >= 11 is 0. The molecule has 4 heteroatoms. The first-order valence-electron chi connectivity index (χ1n) is 10.0. The Morgan fingerprint density at radius 1 is 0.962 bits per heavy atom. The zero-order valence-corrected chi connectivity index (χ0v) is 15.7. The first-order valence-corrected chi connectivity index (χ1v) is 10.0. The molecule has 2 saturated heterocycles. The minimum absolute atomic E-state index is 0.137. The number of rotatable bonds is 4. The number of aromatic amines is 1. The van der Waals surface area contributed by atoms with Crippen molar-refractivity contribution in [3.05, 3.63) is 47.8 Å². The third kappa shape index (κ3) is 3.56. The summed E-state index contributed by atoms with van der Waals surface area (Å²) < 4.78 is 0. The molecule has 0 spiro atoms. The second kappa shape index (κ2) is 7.67. The van der Waals surface area contributed by atoms with Gasteiger partial charge in [-0.25, -0.2) is 0 Å². The number of carbonyl (C=O) groups excluding carboxylic acids is 1. The van der Waals surface area contributed by atoms with Crippen LogP contribution in [0.25, 0.3) is 11.1 Å². The number of carbonyl (C=O) groups is 1. The van der Waals surface area contributed by atoms with Crippen LogP contribution in [0.15, 0.2) is 36.5 Å². The highest BCUT2D eigenvalue weighted by atomic mass is 16.2. The van der Waals surface area contributed by atoms with Crippen molar-refractivity contribution in [1.82, 2.24) is 14.8 Å². The van der Waals surface area contributed by atoms with E-state index in [-0.39, 0.29) is 5.91 Å². The Labute approximate surface area is 156 Å². The molecule has 0 saturated carbocycles. The molecule has 1 aromatic carbocycles. The molecular weight excluding hydrogens is 322 g/mol. The minimum atomic E-state index is 0.137. The lowest BCUT2D eigenvalue weighted by molar-refractivity contribution is 0.0719. The van der Waals surface area contributed by atoms with Gasteiger partial charge in [0.05, 0.1) is 0 Å². The zero-order chi connectivity index (χ0) is 17.9. The van der Waals surface area contributed by atoms with Crippen LogP contribution in [-0.2, 0) is 0 Å². The minimum Gasteiger partial charge on any atom is -0.357 e. The summed E-state index contributed by atoms with van der Waals surface area (Å²) in [4.78, 5) is 20.4. The number of aromatic nitrogens is 1. The molecule has 1 N–H and O–H groups in total. The van der Waals surface area contributed by atoms with Crippen LogP contribution < -0.4 is 0 Å². The van der Waals surface area contributed by atoms with Gasteiger partial charge in [0.25, 0.3) is 5.91 Å². The van der Waals surface area contributed by atoms with Gasteiger partial charge in [-0.15, -0.1) is 0 Å². The molecule has 1 amide bonds. The fourth-order valence-electron chi connectivity index (χ4n) is 4.27. The van der Waals surface area contributed by atoms with E-state index in [0.29, 0.717) is 11.7 Å². The molecule has 0 radical (unpaired) electrons. The van der Waals surface area contributed by atoms with Crippen molar-refractivity contribution in [2.75, 3.05) is 26.2 Å². The second-order valence-corrected chi connectivity index (χ2v) is 7.70. The Balaban J connectivity index is 1.52. The van der Waals surface area contributed by atoms with Crippen LogP contribution in [0.1, 0.15) is 61.1 Å². The number of likely N-dealkylation sites (tertiary alicyclic amines) is 2. The van der Waals surface area contributed by atoms with Crippen LogP contribution in [0, 0.1) is 0 Å². The quantitative estimate of drug-likeness (QED) is 0.883. The van der Waals surface area contributed by atoms with Crippen LogP contribution in [-0.4, -0.2) is 46.9 Å². The molecule has 2 aliphatic rings. The molecule has 0 aliphatic carbocycles.